The van der Waals surface area contributed by atoms with Gasteiger partial charge in [0.25, 0.3) is 0 Å². The number of carbonyl (C=O) groups is 1. The van der Waals surface area contributed by atoms with Crippen LogP contribution < -0.4 is 10.6 Å². The van der Waals surface area contributed by atoms with Gasteiger partial charge in [0, 0.05) is 37.4 Å². The lowest BCUT2D eigenvalue weighted by Crippen LogP contribution is -2.45. The van der Waals surface area contributed by atoms with E-state index in [4.69, 9.17) is 0 Å². The van der Waals surface area contributed by atoms with Gasteiger partial charge in [-0.2, -0.15) is 12.6 Å². The topological polar surface area (TPSA) is 41.1 Å². The van der Waals surface area contributed by atoms with Gasteiger partial charge in [-0.3, -0.25) is 4.79 Å². The minimum Gasteiger partial charge on any atom is -0.352 e. The Morgan fingerprint density at radius 3 is 2.36 bits per heavy atom. The molecule has 0 saturated carbocycles. The molecule has 0 bridgehead atoms. The maximum absolute atomic E-state index is 13.5. The van der Waals surface area contributed by atoms with E-state index in [0.717, 1.165) is 6.07 Å². The van der Waals surface area contributed by atoms with E-state index in [-0.39, 0.29) is 17.2 Å². The van der Waals surface area contributed by atoms with E-state index in [1.54, 1.807) is 0 Å². The second-order valence-electron chi connectivity index (χ2n) is 7.39. The molecule has 0 aliphatic heterocycles. The predicted octanol–water partition coefficient (Wildman–Crippen LogP) is 4.22. The molecule has 2 aromatic carbocycles. The van der Waals surface area contributed by atoms with Crippen LogP contribution in [0.2, 0.25) is 0 Å². The quantitative estimate of drug-likeness (QED) is 0.546. The molecule has 2 atom stereocenters. The van der Waals surface area contributed by atoms with E-state index >= 15 is 0 Å². The Balaban J connectivity index is 1.97. The fraction of sp³-hybridized carbons (Fsp3) is 0.409. The van der Waals surface area contributed by atoms with Gasteiger partial charge in [-0.1, -0.05) is 38.1 Å². The zero-order valence-corrected chi connectivity index (χ0v) is 17.4. The van der Waals surface area contributed by atoms with Gasteiger partial charge < -0.3 is 10.6 Å². The van der Waals surface area contributed by atoms with Crippen molar-refractivity contribution in [2.45, 2.75) is 50.9 Å². The van der Waals surface area contributed by atoms with E-state index in [1.165, 1.54) is 30.2 Å². The van der Waals surface area contributed by atoms with Crippen molar-refractivity contribution in [1.82, 2.24) is 10.6 Å². The molecule has 2 aromatic rings. The number of rotatable bonds is 9. The summed E-state index contributed by atoms with van der Waals surface area (Å²) in [5.74, 6) is -0.996. The zero-order valence-electron chi connectivity index (χ0n) is 16.5. The van der Waals surface area contributed by atoms with Crippen LogP contribution in [-0.2, 0) is 17.8 Å². The number of thiol groups is 1. The van der Waals surface area contributed by atoms with E-state index in [9.17, 15) is 13.6 Å². The van der Waals surface area contributed by atoms with Crippen LogP contribution >= 0.6 is 12.6 Å². The van der Waals surface area contributed by atoms with Crippen LogP contribution in [0.25, 0.3) is 0 Å². The highest BCUT2D eigenvalue weighted by atomic mass is 32.1. The molecule has 0 spiro atoms. The van der Waals surface area contributed by atoms with Crippen molar-refractivity contribution in [1.29, 1.82) is 0 Å². The number of benzene rings is 2. The van der Waals surface area contributed by atoms with Crippen molar-refractivity contribution in [3.05, 3.63) is 70.8 Å². The minimum atomic E-state index is -0.629. The van der Waals surface area contributed by atoms with Gasteiger partial charge in [-0.15, -0.1) is 0 Å². The Hall–Kier alpha value is -1.92. The molecule has 2 rings (SSSR count). The maximum atomic E-state index is 13.5. The Labute approximate surface area is 171 Å². The van der Waals surface area contributed by atoms with E-state index in [1.807, 2.05) is 6.07 Å². The molecule has 2 N–H and O–H groups in total. The van der Waals surface area contributed by atoms with Crippen LogP contribution in [0.1, 0.15) is 43.4 Å². The monoisotopic (exact) mass is 406 g/mol. The van der Waals surface area contributed by atoms with Gasteiger partial charge in [-0.05, 0) is 41.2 Å². The average Bonchev–Trinajstić information content (AvgIpc) is 2.60. The van der Waals surface area contributed by atoms with E-state index in [0.29, 0.717) is 31.0 Å². The summed E-state index contributed by atoms with van der Waals surface area (Å²) in [5.41, 5.74) is 2.95. The largest absolute Gasteiger partial charge is 0.352 e. The predicted molar refractivity (Wildman–Crippen MR) is 113 cm³/mol. The Morgan fingerprint density at radius 1 is 1.07 bits per heavy atom. The Kier molecular flexibility index (Phi) is 8.45. The van der Waals surface area contributed by atoms with Crippen molar-refractivity contribution < 1.29 is 13.6 Å². The molecule has 0 saturated heterocycles. The number of halogens is 2. The van der Waals surface area contributed by atoms with Crippen LogP contribution in [0.3, 0.4) is 0 Å². The normalized spacial score (nSPS) is 13.4. The summed E-state index contributed by atoms with van der Waals surface area (Å²) in [6.45, 7) is 6.95. The molecule has 0 heterocycles. The molecule has 0 aliphatic carbocycles. The molecule has 28 heavy (non-hydrogen) atoms. The SMILES string of the molecule is CC(=O)NC(Cc1cc(F)cc(F)c1)C(S)CNCc1cccc(C(C)C)c1. The van der Waals surface area contributed by atoms with Crippen molar-refractivity contribution in [2.75, 3.05) is 6.54 Å². The van der Waals surface area contributed by atoms with Gasteiger partial charge in [0.15, 0.2) is 0 Å². The Bertz CT molecular complexity index is 778. The smallest absolute Gasteiger partial charge is 0.217 e. The summed E-state index contributed by atoms with van der Waals surface area (Å²) in [7, 11) is 0. The Morgan fingerprint density at radius 2 is 1.75 bits per heavy atom. The van der Waals surface area contributed by atoms with Crippen LogP contribution in [0.4, 0.5) is 8.78 Å². The third-order valence-corrected chi connectivity index (χ3v) is 5.07. The number of hydrogen-bond acceptors (Lipinski definition) is 3. The first kappa shape index (κ1) is 22.4. The third-order valence-electron chi connectivity index (χ3n) is 4.53. The first-order valence-electron chi connectivity index (χ1n) is 9.44. The summed E-state index contributed by atoms with van der Waals surface area (Å²) in [4.78, 5) is 11.6. The first-order valence-corrected chi connectivity index (χ1v) is 9.96. The molecule has 1 amide bonds. The summed E-state index contributed by atoms with van der Waals surface area (Å²) < 4.78 is 26.9. The second kappa shape index (κ2) is 10.6. The highest BCUT2D eigenvalue weighted by Gasteiger charge is 2.20. The lowest BCUT2D eigenvalue weighted by Gasteiger charge is -2.25. The minimum absolute atomic E-state index is 0.203. The van der Waals surface area contributed by atoms with Crippen LogP contribution in [0.5, 0.6) is 0 Å². The fourth-order valence-electron chi connectivity index (χ4n) is 3.10. The van der Waals surface area contributed by atoms with E-state index in [2.05, 4.69) is 55.3 Å². The molecule has 3 nitrogen and oxygen atoms in total. The molecular weight excluding hydrogens is 378 g/mol. The highest BCUT2D eigenvalue weighted by Crippen LogP contribution is 2.16. The molecule has 2 unspecified atom stereocenters. The van der Waals surface area contributed by atoms with Gasteiger partial charge >= 0.3 is 0 Å². The summed E-state index contributed by atoms with van der Waals surface area (Å²) >= 11 is 4.62. The lowest BCUT2D eigenvalue weighted by atomic mass is 10.0. The van der Waals surface area contributed by atoms with Gasteiger partial charge in [0.05, 0.1) is 0 Å². The summed E-state index contributed by atoms with van der Waals surface area (Å²) in [6.07, 6.45) is 0.299. The molecule has 0 aromatic heterocycles. The van der Waals surface area contributed by atoms with Gasteiger partial charge in [0.2, 0.25) is 5.91 Å². The van der Waals surface area contributed by atoms with Crippen molar-refractivity contribution >= 4 is 18.5 Å². The number of nitrogens with one attached hydrogen (secondary N) is 2. The average molecular weight is 407 g/mol. The summed E-state index contributed by atoms with van der Waals surface area (Å²) in [6, 6.07) is 11.4. The fourth-order valence-corrected chi connectivity index (χ4v) is 3.40. The number of hydrogen-bond donors (Lipinski definition) is 3. The molecule has 0 radical (unpaired) electrons. The maximum Gasteiger partial charge on any atom is 0.217 e. The highest BCUT2D eigenvalue weighted by molar-refractivity contribution is 7.81. The molecule has 0 aliphatic rings. The number of carbonyl (C=O) groups excluding carboxylic acids is 1. The van der Waals surface area contributed by atoms with Crippen molar-refractivity contribution in [3.8, 4) is 0 Å². The van der Waals surface area contributed by atoms with Gasteiger partial charge in [0.1, 0.15) is 11.6 Å². The summed E-state index contributed by atoms with van der Waals surface area (Å²) in [5, 5.41) is 5.97. The standard InChI is InChI=1S/C22H28F2N2OS/c1-14(2)18-6-4-5-16(7-18)12-25-13-22(28)21(26-15(3)27)10-17-8-19(23)11-20(24)9-17/h4-9,11,14,21-22,25,28H,10,12-13H2,1-3H3,(H,26,27). The molecular formula is C22H28F2N2OS. The van der Waals surface area contributed by atoms with Gasteiger partial charge in [-0.25, -0.2) is 8.78 Å². The number of amides is 1. The van der Waals surface area contributed by atoms with Crippen LogP contribution in [0.15, 0.2) is 42.5 Å². The van der Waals surface area contributed by atoms with Crippen LogP contribution in [0, 0.1) is 11.6 Å². The lowest BCUT2D eigenvalue weighted by molar-refractivity contribution is -0.119. The van der Waals surface area contributed by atoms with Crippen LogP contribution in [-0.4, -0.2) is 23.7 Å². The van der Waals surface area contributed by atoms with Crippen molar-refractivity contribution in [3.63, 3.8) is 0 Å². The zero-order chi connectivity index (χ0) is 20.7. The molecule has 0 fully saturated rings. The molecule has 152 valence electrons. The second-order valence-corrected chi connectivity index (χ2v) is 8.05. The molecule has 6 heteroatoms. The van der Waals surface area contributed by atoms with E-state index < -0.39 is 11.6 Å². The van der Waals surface area contributed by atoms with Crippen molar-refractivity contribution in [2.24, 2.45) is 0 Å². The third kappa shape index (κ3) is 7.24. The first-order chi connectivity index (χ1) is 13.2.